The summed E-state index contributed by atoms with van der Waals surface area (Å²) in [5, 5.41) is 3.02. The molecule has 3 N–H and O–H groups in total. The van der Waals surface area contributed by atoms with Gasteiger partial charge in [-0.1, -0.05) is 0 Å². The number of carbonyl (C=O) groups excluding carboxylic acids is 1. The second kappa shape index (κ2) is 5.56. The van der Waals surface area contributed by atoms with Crippen LogP contribution in [0.4, 0.5) is 23.8 Å². The molecule has 1 aromatic heterocycles. The predicted molar refractivity (Wildman–Crippen MR) is 67.0 cm³/mol. The van der Waals surface area contributed by atoms with E-state index in [0.717, 1.165) is 25.1 Å². The average molecular weight is 288 g/mol. The van der Waals surface area contributed by atoms with Crippen LogP contribution >= 0.6 is 0 Å². The van der Waals surface area contributed by atoms with Gasteiger partial charge in [-0.25, -0.2) is 9.78 Å². The molecule has 0 aromatic carbocycles. The summed E-state index contributed by atoms with van der Waals surface area (Å²) < 4.78 is 37.2. The highest BCUT2D eigenvalue weighted by molar-refractivity contribution is 5.72. The van der Waals surface area contributed by atoms with E-state index in [0.29, 0.717) is 18.9 Å². The molecule has 5 nitrogen and oxygen atoms in total. The van der Waals surface area contributed by atoms with Gasteiger partial charge in [-0.05, 0) is 25.0 Å². The van der Waals surface area contributed by atoms with Gasteiger partial charge in [-0.2, -0.15) is 13.2 Å². The number of primary amides is 1. The van der Waals surface area contributed by atoms with Gasteiger partial charge in [0.25, 0.3) is 0 Å². The second-order valence-corrected chi connectivity index (χ2v) is 4.70. The highest BCUT2D eigenvalue weighted by Gasteiger charge is 2.30. The minimum Gasteiger partial charge on any atom is -0.366 e. The van der Waals surface area contributed by atoms with Crippen molar-refractivity contribution in [3.05, 3.63) is 23.9 Å². The van der Waals surface area contributed by atoms with Crippen molar-refractivity contribution in [2.24, 2.45) is 5.73 Å². The zero-order valence-corrected chi connectivity index (χ0v) is 10.7. The first kappa shape index (κ1) is 14.4. The lowest BCUT2D eigenvalue weighted by molar-refractivity contribution is -0.137. The maximum atomic E-state index is 12.4. The van der Waals surface area contributed by atoms with Crippen molar-refractivity contribution in [3.63, 3.8) is 0 Å². The summed E-state index contributed by atoms with van der Waals surface area (Å²) in [6.07, 6.45) is -2.00. The molecular weight excluding hydrogens is 273 g/mol. The number of carbonyl (C=O) groups is 1. The molecular formula is C12H15F3N4O. The van der Waals surface area contributed by atoms with Crippen LogP contribution in [-0.4, -0.2) is 35.0 Å². The zero-order valence-electron chi connectivity index (χ0n) is 10.7. The number of nitrogens with one attached hydrogen (secondary N) is 1. The maximum absolute atomic E-state index is 12.4. The number of nitrogens with two attached hydrogens (primary N) is 1. The number of hydrogen-bond acceptors (Lipinski definition) is 3. The van der Waals surface area contributed by atoms with Crippen LogP contribution in [0.2, 0.25) is 0 Å². The van der Waals surface area contributed by atoms with Crippen LogP contribution in [0.1, 0.15) is 18.4 Å². The quantitative estimate of drug-likeness (QED) is 0.875. The van der Waals surface area contributed by atoms with Gasteiger partial charge in [0.1, 0.15) is 5.82 Å². The molecule has 2 amide bonds. The van der Waals surface area contributed by atoms with Crippen molar-refractivity contribution in [2.45, 2.75) is 25.1 Å². The molecule has 20 heavy (non-hydrogen) atoms. The Morgan fingerprint density at radius 1 is 1.45 bits per heavy atom. The summed E-state index contributed by atoms with van der Waals surface area (Å²) in [6, 6.07) is 1.72. The highest BCUT2D eigenvalue weighted by atomic mass is 19.4. The topological polar surface area (TPSA) is 71.2 Å². The van der Waals surface area contributed by atoms with E-state index in [2.05, 4.69) is 10.3 Å². The van der Waals surface area contributed by atoms with E-state index in [-0.39, 0.29) is 6.04 Å². The molecule has 1 unspecified atom stereocenters. The van der Waals surface area contributed by atoms with Crippen LogP contribution in [-0.2, 0) is 6.18 Å². The van der Waals surface area contributed by atoms with Gasteiger partial charge in [0, 0.05) is 25.3 Å². The number of pyridine rings is 1. The van der Waals surface area contributed by atoms with Crippen LogP contribution in [0.25, 0.3) is 0 Å². The first-order valence-corrected chi connectivity index (χ1v) is 6.20. The number of halogens is 3. The Hall–Kier alpha value is -1.99. The van der Waals surface area contributed by atoms with Crippen LogP contribution in [0, 0.1) is 0 Å². The summed E-state index contributed by atoms with van der Waals surface area (Å²) in [5.74, 6) is 0.356. The fourth-order valence-corrected chi connectivity index (χ4v) is 2.15. The van der Waals surface area contributed by atoms with Gasteiger partial charge in [0.15, 0.2) is 0 Å². The monoisotopic (exact) mass is 288 g/mol. The minimum absolute atomic E-state index is 0.0551. The Bertz CT molecular complexity index is 475. The molecule has 110 valence electrons. The SMILES string of the molecule is NC(=O)N1CCCC(Nc2ccc(C(F)(F)F)cn2)C1. The molecule has 8 heteroatoms. The second-order valence-electron chi connectivity index (χ2n) is 4.70. The lowest BCUT2D eigenvalue weighted by Crippen LogP contribution is -2.47. The third-order valence-corrected chi connectivity index (χ3v) is 3.18. The van der Waals surface area contributed by atoms with Crippen molar-refractivity contribution in [1.82, 2.24) is 9.88 Å². The molecule has 1 saturated heterocycles. The molecule has 0 radical (unpaired) electrons. The van der Waals surface area contributed by atoms with Crippen molar-refractivity contribution < 1.29 is 18.0 Å². The Balaban J connectivity index is 1.98. The number of amides is 2. The molecule has 1 aliphatic rings. The van der Waals surface area contributed by atoms with Crippen LogP contribution in [0.3, 0.4) is 0 Å². The molecule has 2 rings (SSSR count). The van der Waals surface area contributed by atoms with Gasteiger partial charge in [0.2, 0.25) is 0 Å². The Labute approximate surface area is 114 Å². The number of rotatable bonds is 2. The van der Waals surface area contributed by atoms with Crippen molar-refractivity contribution >= 4 is 11.8 Å². The number of piperidine rings is 1. The fourth-order valence-electron chi connectivity index (χ4n) is 2.15. The Morgan fingerprint density at radius 3 is 2.75 bits per heavy atom. The van der Waals surface area contributed by atoms with Crippen LogP contribution < -0.4 is 11.1 Å². The smallest absolute Gasteiger partial charge is 0.366 e. The van der Waals surface area contributed by atoms with E-state index in [4.69, 9.17) is 5.73 Å². The van der Waals surface area contributed by atoms with Crippen molar-refractivity contribution in [3.8, 4) is 0 Å². The molecule has 0 bridgehead atoms. The number of urea groups is 1. The Morgan fingerprint density at radius 2 is 2.20 bits per heavy atom. The van der Waals surface area contributed by atoms with E-state index in [1.165, 1.54) is 11.0 Å². The third kappa shape index (κ3) is 3.52. The van der Waals surface area contributed by atoms with Crippen molar-refractivity contribution in [2.75, 3.05) is 18.4 Å². The van der Waals surface area contributed by atoms with Gasteiger partial charge >= 0.3 is 12.2 Å². The van der Waals surface area contributed by atoms with Gasteiger partial charge < -0.3 is 16.0 Å². The first-order valence-electron chi connectivity index (χ1n) is 6.20. The molecule has 0 saturated carbocycles. The summed E-state index contributed by atoms with van der Waals surface area (Å²) >= 11 is 0. The standard InChI is InChI=1S/C12H15F3N4O/c13-12(14,15)8-3-4-10(17-6-8)18-9-2-1-5-19(7-9)11(16)20/h3-4,6,9H,1-2,5,7H2,(H2,16,20)(H,17,18). The number of alkyl halides is 3. The van der Waals surface area contributed by atoms with Gasteiger partial charge in [-0.3, -0.25) is 0 Å². The number of hydrogen-bond donors (Lipinski definition) is 2. The summed E-state index contributed by atoms with van der Waals surface area (Å²) in [7, 11) is 0. The molecule has 0 spiro atoms. The summed E-state index contributed by atoms with van der Waals surface area (Å²) in [5.41, 5.74) is 4.42. The Kier molecular flexibility index (Phi) is 4.01. The molecule has 2 heterocycles. The largest absolute Gasteiger partial charge is 0.417 e. The number of nitrogens with zero attached hydrogens (tertiary/aromatic N) is 2. The fraction of sp³-hybridized carbons (Fsp3) is 0.500. The normalized spacial score (nSPS) is 19.8. The first-order chi connectivity index (χ1) is 9.36. The molecule has 1 aromatic rings. The van der Waals surface area contributed by atoms with E-state index in [9.17, 15) is 18.0 Å². The van der Waals surface area contributed by atoms with Crippen LogP contribution in [0.5, 0.6) is 0 Å². The lowest BCUT2D eigenvalue weighted by Gasteiger charge is -2.32. The average Bonchev–Trinajstić information content (AvgIpc) is 2.38. The van der Waals surface area contributed by atoms with Gasteiger partial charge in [0.05, 0.1) is 5.56 Å². The summed E-state index contributed by atoms with van der Waals surface area (Å²) in [6.45, 7) is 1.03. The van der Waals surface area contributed by atoms with E-state index in [1.54, 1.807) is 0 Å². The van der Waals surface area contributed by atoms with Gasteiger partial charge in [-0.15, -0.1) is 0 Å². The van der Waals surface area contributed by atoms with E-state index in [1.807, 2.05) is 0 Å². The molecule has 1 aliphatic heterocycles. The zero-order chi connectivity index (χ0) is 14.8. The summed E-state index contributed by atoms with van der Waals surface area (Å²) in [4.78, 5) is 16.3. The molecule has 1 atom stereocenters. The third-order valence-electron chi connectivity index (χ3n) is 3.18. The maximum Gasteiger partial charge on any atom is 0.417 e. The van der Waals surface area contributed by atoms with Crippen LogP contribution in [0.15, 0.2) is 18.3 Å². The van der Waals surface area contributed by atoms with E-state index >= 15 is 0 Å². The molecule has 0 aliphatic carbocycles. The predicted octanol–water partition coefficient (Wildman–Crippen LogP) is 2.06. The highest BCUT2D eigenvalue weighted by Crippen LogP contribution is 2.29. The number of likely N-dealkylation sites (tertiary alicyclic amines) is 1. The lowest BCUT2D eigenvalue weighted by atomic mass is 10.1. The van der Waals surface area contributed by atoms with Crippen molar-refractivity contribution in [1.29, 1.82) is 0 Å². The minimum atomic E-state index is -4.39. The van der Waals surface area contributed by atoms with E-state index < -0.39 is 17.8 Å². The molecule has 1 fully saturated rings. The number of aromatic nitrogens is 1. The number of anilines is 1.